The van der Waals surface area contributed by atoms with Gasteiger partial charge >= 0.3 is 0 Å². The fraction of sp³-hybridized carbons (Fsp3) is 0.727. The summed E-state index contributed by atoms with van der Waals surface area (Å²) in [6.45, 7) is 2.00. The molecule has 96 valence electrons. The highest BCUT2D eigenvalue weighted by molar-refractivity contribution is 7.99. The highest BCUT2D eigenvalue weighted by Crippen LogP contribution is 2.29. The molecule has 1 saturated heterocycles. The van der Waals surface area contributed by atoms with Crippen molar-refractivity contribution < 1.29 is 0 Å². The van der Waals surface area contributed by atoms with Crippen LogP contribution < -0.4 is 11.3 Å². The maximum absolute atomic E-state index is 6.25. The summed E-state index contributed by atoms with van der Waals surface area (Å²) < 4.78 is 1.73. The number of aromatic nitrogens is 2. The van der Waals surface area contributed by atoms with E-state index >= 15 is 0 Å². The molecule has 0 aliphatic carbocycles. The average Bonchev–Trinajstić information content (AvgIpc) is 2.89. The molecular formula is C11H19ClN4S. The van der Waals surface area contributed by atoms with Gasteiger partial charge in [-0.3, -0.25) is 16.0 Å². The van der Waals surface area contributed by atoms with E-state index in [0.29, 0.717) is 12.0 Å². The van der Waals surface area contributed by atoms with Gasteiger partial charge in [0.05, 0.1) is 5.69 Å². The standard InChI is InChI=1S/C11H19ClN4S/c1-7-9(11(12)16(2)15-7)5-10(14-13)8-3-4-17-6-8/h8,10,14H,3-6,13H2,1-2H3. The zero-order valence-electron chi connectivity index (χ0n) is 10.2. The Bertz CT molecular complexity index is 387. The zero-order valence-corrected chi connectivity index (χ0v) is 11.8. The third kappa shape index (κ3) is 2.78. The van der Waals surface area contributed by atoms with Gasteiger partial charge in [-0.25, -0.2) is 0 Å². The number of aryl methyl sites for hydroxylation is 2. The molecule has 2 heterocycles. The number of nitrogens with zero attached hydrogens (tertiary/aromatic N) is 2. The van der Waals surface area contributed by atoms with Crippen molar-refractivity contribution in [1.82, 2.24) is 15.2 Å². The summed E-state index contributed by atoms with van der Waals surface area (Å²) in [4.78, 5) is 0. The summed E-state index contributed by atoms with van der Waals surface area (Å²) in [7, 11) is 1.87. The monoisotopic (exact) mass is 274 g/mol. The molecule has 0 aromatic carbocycles. The van der Waals surface area contributed by atoms with Crippen molar-refractivity contribution in [3.8, 4) is 0 Å². The molecule has 1 aromatic heterocycles. The number of thioether (sulfide) groups is 1. The van der Waals surface area contributed by atoms with Gasteiger partial charge in [-0.2, -0.15) is 16.9 Å². The number of nitrogens with one attached hydrogen (secondary N) is 1. The van der Waals surface area contributed by atoms with E-state index in [-0.39, 0.29) is 0 Å². The van der Waals surface area contributed by atoms with Gasteiger partial charge in [0.25, 0.3) is 0 Å². The van der Waals surface area contributed by atoms with Gasteiger partial charge in [-0.1, -0.05) is 11.6 Å². The molecule has 0 spiro atoms. The van der Waals surface area contributed by atoms with Crippen LogP contribution in [0.4, 0.5) is 0 Å². The second-order valence-electron chi connectivity index (χ2n) is 4.58. The minimum atomic E-state index is 0.297. The van der Waals surface area contributed by atoms with Crippen LogP contribution in [-0.4, -0.2) is 27.3 Å². The Labute approximate surface area is 111 Å². The Hall–Kier alpha value is -0.230. The highest BCUT2D eigenvalue weighted by Gasteiger charge is 2.26. The largest absolute Gasteiger partial charge is 0.271 e. The van der Waals surface area contributed by atoms with Crippen LogP contribution in [0.15, 0.2) is 0 Å². The van der Waals surface area contributed by atoms with Crippen LogP contribution >= 0.6 is 23.4 Å². The normalized spacial score (nSPS) is 22.0. The molecule has 0 amide bonds. The Kier molecular flexibility index (Phi) is 4.36. The molecule has 17 heavy (non-hydrogen) atoms. The van der Waals surface area contributed by atoms with Crippen molar-refractivity contribution in [2.24, 2.45) is 18.8 Å². The Morgan fingerprint density at radius 3 is 2.94 bits per heavy atom. The number of nitrogens with two attached hydrogens (primary N) is 1. The summed E-state index contributed by atoms with van der Waals surface area (Å²) in [6.07, 6.45) is 2.09. The minimum absolute atomic E-state index is 0.297. The van der Waals surface area contributed by atoms with E-state index in [4.69, 9.17) is 17.4 Å². The third-order valence-electron chi connectivity index (χ3n) is 3.44. The smallest absolute Gasteiger partial charge is 0.130 e. The molecule has 3 N–H and O–H groups in total. The first-order valence-electron chi connectivity index (χ1n) is 5.85. The van der Waals surface area contributed by atoms with Crippen molar-refractivity contribution in [3.63, 3.8) is 0 Å². The van der Waals surface area contributed by atoms with E-state index in [2.05, 4.69) is 10.5 Å². The molecule has 1 aromatic rings. The topological polar surface area (TPSA) is 55.9 Å². The van der Waals surface area contributed by atoms with Crippen molar-refractivity contribution in [2.45, 2.75) is 25.8 Å². The fourth-order valence-corrected chi connectivity index (χ4v) is 3.95. The molecule has 0 bridgehead atoms. The molecule has 0 radical (unpaired) electrons. The lowest BCUT2D eigenvalue weighted by molar-refractivity contribution is 0.385. The van der Waals surface area contributed by atoms with Crippen molar-refractivity contribution in [1.29, 1.82) is 0 Å². The van der Waals surface area contributed by atoms with Crippen LogP contribution in [-0.2, 0) is 13.5 Å². The van der Waals surface area contributed by atoms with Crippen LogP contribution in [0.3, 0.4) is 0 Å². The third-order valence-corrected chi connectivity index (χ3v) is 5.10. The Morgan fingerprint density at radius 2 is 2.47 bits per heavy atom. The number of hydrogen-bond acceptors (Lipinski definition) is 4. The first-order valence-corrected chi connectivity index (χ1v) is 7.38. The minimum Gasteiger partial charge on any atom is -0.271 e. The number of hydrogen-bond donors (Lipinski definition) is 2. The molecule has 2 unspecified atom stereocenters. The van der Waals surface area contributed by atoms with E-state index in [1.54, 1.807) is 4.68 Å². The van der Waals surface area contributed by atoms with Crippen LogP contribution in [0.25, 0.3) is 0 Å². The molecular weight excluding hydrogens is 256 g/mol. The first kappa shape index (κ1) is 13.2. The molecule has 1 aliphatic heterocycles. The molecule has 1 fully saturated rings. The molecule has 6 heteroatoms. The summed E-state index contributed by atoms with van der Waals surface area (Å²) >= 11 is 8.25. The predicted octanol–water partition coefficient (Wildman–Crippen LogP) is 1.51. The molecule has 2 atom stereocenters. The second-order valence-corrected chi connectivity index (χ2v) is 6.09. The van der Waals surface area contributed by atoms with Crippen LogP contribution in [0.5, 0.6) is 0 Å². The summed E-state index contributed by atoms with van der Waals surface area (Å²) in [5.74, 6) is 8.74. The van der Waals surface area contributed by atoms with Gasteiger partial charge in [-0.05, 0) is 37.2 Å². The Balaban J connectivity index is 2.12. The van der Waals surface area contributed by atoms with Crippen LogP contribution in [0.1, 0.15) is 17.7 Å². The van der Waals surface area contributed by atoms with E-state index in [1.165, 1.54) is 17.9 Å². The lowest BCUT2D eigenvalue weighted by atomic mass is 9.94. The van der Waals surface area contributed by atoms with E-state index in [1.807, 2.05) is 25.7 Å². The Morgan fingerprint density at radius 1 is 1.71 bits per heavy atom. The van der Waals surface area contributed by atoms with Crippen molar-refractivity contribution >= 4 is 23.4 Å². The predicted molar refractivity (Wildman–Crippen MR) is 73.2 cm³/mol. The van der Waals surface area contributed by atoms with Gasteiger partial charge in [0.1, 0.15) is 5.15 Å². The van der Waals surface area contributed by atoms with Gasteiger partial charge < -0.3 is 0 Å². The quantitative estimate of drug-likeness (QED) is 0.646. The lowest BCUT2D eigenvalue weighted by Crippen LogP contribution is -2.42. The lowest BCUT2D eigenvalue weighted by Gasteiger charge is -2.21. The summed E-state index contributed by atoms with van der Waals surface area (Å²) in [6, 6.07) is 0.297. The molecule has 1 aliphatic rings. The fourth-order valence-electron chi connectivity index (χ4n) is 2.36. The van der Waals surface area contributed by atoms with Crippen molar-refractivity contribution in [2.75, 3.05) is 11.5 Å². The van der Waals surface area contributed by atoms with Gasteiger partial charge in [-0.15, -0.1) is 0 Å². The van der Waals surface area contributed by atoms with Gasteiger partial charge in [0, 0.05) is 18.7 Å². The second kappa shape index (κ2) is 5.61. The molecule has 0 saturated carbocycles. The molecule has 2 rings (SSSR count). The van der Waals surface area contributed by atoms with Gasteiger partial charge in [0.15, 0.2) is 0 Å². The van der Waals surface area contributed by atoms with E-state index in [9.17, 15) is 0 Å². The maximum atomic E-state index is 6.25. The number of hydrazine groups is 1. The summed E-state index contributed by atoms with van der Waals surface area (Å²) in [5, 5.41) is 5.07. The van der Waals surface area contributed by atoms with Crippen molar-refractivity contribution in [3.05, 3.63) is 16.4 Å². The number of halogens is 1. The maximum Gasteiger partial charge on any atom is 0.130 e. The highest BCUT2D eigenvalue weighted by atomic mass is 35.5. The van der Waals surface area contributed by atoms with Crippen LogP contribution in [0.2, 0.25) is 5.15 Å². The SMILES string of the molecule is Cc1nn(C)c(Cl)c1CC(NN)C1CCSC1. The van der Waals surface area contributed by atoms with Gasteiger partial charge in [0.2, 0.25) is 0 Å². The van der Waals surface area contributed by atoms with E-state index < -0.39 is 0 Å². The summed E-state index contributed by atoms with van der Waals surface area (Å²) in [5.41, 5.74) is 5.07. The first-order chi connectivity index (χ1) is 8.13. The average molecular weight is 275 g/mol. The molecule has 4 nitrogen and oxygen atoms in total. The number of rotatable bonds is 4. The zero-order chi connectivity index (χ0) is 12.4. The van der Waals surface area contributed by atoms with Crippen LogP contribution in [0, 0.1) is 12.8 Å². The van der Waals surface area contributed by atoms with E-state index in [0.717, 1.165) is 22.8 Å².